The van der Waals surface area contributed by atoms with Crippen molar-refractivity contribution in [2.75, 3.05) is 18.4 Å². The van der Waals surface area contributed by atoms with E-state index in [-0.39, 0.29) is 10.5 Å². The number of benzene rings is 1. The molecule has 3 aromatic rings. The summed E-state index contributed by atoms with van der Waals surface area (Å²) < 4.78 is 26.6. The van der Waals surface area contributed by atoms with Crippen LogP contribution in [0.2, 0.25) is 0 Å². The molecule has 0 atom stereocenters. The van der Waals surface area contributed by atoms with Crippen LogP contribution in [0.3, 0.4) is 0 Å². The first-order valence-electron chi connectivity index (χ1n) is 8.23. The molecular formula is C17H18N4O3S3. The van der Waals surface area contributed by atoms with Crippen LogP contribution in [-0.2, 0) is 10.0 Å². The summed E-state index contributed by atoms with van der Waals surface area (Å²) in [6, 6.07) is 7.92. The number of hydrogen-bond donors (Lipinski definition) is 1. The average molecular weight is 423 g/mol. The number of sulfonamides is 1. The van der Waals surface area contributed by atoms with Crippen LogP contribution in [0.1, 0.15) is 24.2 Å². The van der Waals surface area contributed by atoms with Crippen molar-refractivity contribution in [3.05, 3.63) is 46.7 Å². The Kier molecular flexibility index (Phi) is 6.00. The fourth-order valence-electron chi connectivity index (χ4n) is 2.46. The van der Waals surface area contributed by atoms with Crippen molar-refractivity contribution in [2.24, 2.45) is 0 Å². The highest BCUT2D eigenvalue weighted by atomic mass is 32.2. The second kappa shape index (κ2) is 8.26. The molecule has 0 saturated carbocycles. The number of hydrogen-bond acceptors (Lipinski definition) is 7. The van der Waals surface area contributed by atoms with Crippen molar-refractivity contribution in [1.29, 1.82) is 0 Å². The highest BCUT2D eigenvalue weighted by molar-refractivity contribution is 7.89. The van der Waals surface area contributed by atoms with Crippen molar-refractivity contribution in [3.8, 4) is 10.6 Å². The SMILES string of the molecule is CCN(CC)S(=O)(=O)c1cccc(C(=O)Nc2nnc(-c3ccsc3)s2)c1. The normalized spacial score (nSPS) is 11.7. The molecule has 0 aliphatic carbocycles. The van der Waals surface area contributed by atoms with E-state index in [0.29, 0.717) is 23.2 Å². The van der Waals surface area contributed by atoms with E-state index in [1.54, 1.807) is 37.3 Å². The molecule has 0 aliphatic heterocycles. The summed E-state index contributed by atoms with van der Waals surface area (Å²) in [5.41, 5.74) is 1.20. The van der Waals surface area contributed by atoms with Crippen molar-refractivity contribution in [3.63, 3.8) is 0 Å². The van der Waals surface area contributed by atoms with Gasteiger partial charge in [0.15, 0.2) is 0 Å². The van der Waals surface area contributed by atoms with Gasteiger partial charge < -0.3 is 0 Å². The van der Waals surface area contributed by atoms with Crippen LogP contribution in [0.25, 0.3) is 10.6 Å². The Balaban J connectivity index is 1.80. The first-order valence-corrected chi connectivity index (χ1v) is 11.4. The van der Waals surface area contributed by atoms with Gasteiger partial charge in [0.05, 0.1) is 4.90 Å². The van der Waals surface area contributed by atoms with E-state index in [1.165, 1.54) is 27.8 Å². The van der Waals surface area contributed by atoms with Crippen LogP contribution in [0.15, 0.2) is 46.0 Å². The number of anilines is 1. The lowest BCUT2D eigenvalue weighted by Gasteiger charge is -2.18. The van der Waals surface area contributed by atoms with Gasteiger partial charge in [-0.1, -0.05) is 31.3 Å². The molecule has 0 saturated heterocycles. The average Bonchev–Trinajstić information content (AvgIpc) is 3.34. The van der Waals surface area contributed by atoms with E-state index in [4.69, 9.17) is 0 Å². The summed E-state index contributed by atoms with van der Waals surface area (Å²) in [5.74, 6) is -0.431. The van der Waals surface area contributed by atoms with E-state index in [1.807, 2.05) is 16.8 Å². The number of amides is 1. The Morgan fingerprint density at radius 3 is 2.63 bits per heavy atom. The van der Waals surface area contributed by atoms with Crippen LogP contribution in [0.5, 0.6) is 0 Å². The maximum Gasteiger partial charge on any atom is 0.257 e. The summed E-state index contributed by atoms with van der Waals surface area (Å²) in [7, 11) is -3.63. The Morgan fingerprint density at radius 2 is 1.96 bits per heavy atom. The van der Waals surface area contributed by atoms with E-state index in [2.05, 4.69) is 15.5 Å². The first kappa shape index (κ1) is 19.6. The molecule has 10 heteroatoms. The van der Waals surface area contributed by atoms with E-state index in [0.717, 1.165) is 5.56 Å². The molecule has 2 aromatic heterocycles. The molecule has 1 amide bonds. The minimum Gasteiger partial charge on any atom is -0.296 e. The third kappa shape index (κ3) is 4.24. The smallest absolute Gasteiger partial charge is 0.257 e. The molecule has 142 valence electrons. The zero-order valence-electron chi connectivity index (χ0n) is 14.7. The van der Waals surface area contributed by atoms with Gasteiger partial charge in [-0.3, -0.25) is 10.1 Å². The van der Waals surface area contributed by atoms with E-state index >= 15 is 0 Å². The second-order valence-electron chi connectivity index (χ2n) is 5.50. The van der Waals surface area contributed by atoms with Crippen LogP contribution < -0.4 is 5.32 Å². The van der Waals surface area contributed by atoms with Gasteiger partial charge in [0, 0.05) is 29.6 Å². The monoisotopic (exact) mass is 422 g/mol. The minimum absolute atomic E-state index is 0.0927. The number of nitrogens with zero attached hydrogens (tertiary/aromatic N) is 3. The topological polar surface area (TPSA) is 92.3 Å². The zero-order chi connectivity index (χ0) is 19.4. The van der Waals surface area contributed by atoms with Crippen molar-refractivity contribution < 1.29 is 13.2 Å². The maximum atomic E-state index is 12.6. The number of rotatable bonds is 7. The molecule has 0 aliphatic rings. The predicted octanol–water partition coefficient (Wildman–Crippen LogP) is 3.55. The fourth-order valence-corrected chi connectivity index (χ4v) is 5.41. The molecule has 7 nitrogen and oxygen atoms in total. The lowest BCUT2D eigenvalue weighted by atomic mass is 10.2. The second-order valence-corrected chi connectivity index (χ2v) is 9.19. The number of thiophene rings is 1. The third-order valence-electron chi connectivity index (χ3n) is 3.85. The summed E-state index contributed by atoms with van der Waals surface area (Å²) in [6.07, 6.45) is 0. The van der Waals surface area contributed by atoms with Crippen molar-refractivity contribution in [1.82, 2.24) is 14.5 Å². The molecule has 0 bridgehead atoms. The van der Waals surface area contributed by atoms with Gasteiger partial charge in [-0.25, -0.2) is 8.42 Å². The standard InChI is InChI=1S/C17H18N4O3S3/c1-3-21(4-2)27(23,24)14-7-5-6-12(10-14)15(22)18-17-20-19-16(26-17)13-8-9-25-11-13/h5-11H,3-4H2,1-2H3,(H,18,20,22). The van der Waals surface area contributed by atoms with Crippen LogP contribution >= 0.6 is 22.7 Å². The van der Waals surface area contributed by atoms with E-state index in [9.17, 15) is 13.2 Å². The van der Waals surface area contributed by atoms with Crippen LogP contribution in [0.4, 0.5) is 5.13 Å². The van der Waals surface area contributed by atoms with Gasteiger partial charge >= 0.3 is 0 Å². The summed E-state index contributed by atoms with van der Waals surface area (Å²) in [4.78, 5) is 12.6. The summed E-state index contributed by atoms with van der Waals surface area (Å²) >= 11 is 2.82. The lowest BCUT2D eigenvalue weighted by molar-refractivity contribution is 0.102. The highest BCUT2D eigenvalue weighted by Crippen LogP contribution is 2.28. The molecule has 0 fully saturated rings. The largest absolute Gasteiger partial charge is 0.296 e. The number of carbonyl (C=O) groups is 1. The maximum absolute atomic E-state index is 12.6. The quantitative estimate of drug-likeness (QED) is 0.629. The van der Waals surface area contributed by atoms with Crippen LogP contribution in [0, 0.1) is 0 Å². The lowest BCUT2D eigenvalue weighted by Crippen LogP contribution is -2.30. The van der Waals surface area contributed by atoms with E-state index < -0.39 is 15.9 Å². The number of nitrogens with one attached hydrogen (secondary N) is 1. The molecular weight excluding hydrogens is 404 g/mol. The Labute approximate surface area is 165 Å². The number of carbonyl (C=O) groups excluding carboxylic acids is 1. The van der Waals surface area contributed by atoms with Gasteiger partial charge in [-0.15, -0.1) is 10.2 Å². The predicted molar refractivity (Wildman–Crippen MR) is 108 cm³/mol. The molecule has 1 aromatic carbocycles. The molecule has 2 heterocycles. The van der Waals surface area contributed by atoms with Gasteiger partial charge in [-0.05, 0) is 29.6 Å². The third-order valence-corrected chi connectivity index (χ3v) is 7.47. The molecule has 3 rings (SSSR count). The van der Waals surface area contributed by atoms with Gasteiger partial charge in [0.2, 0.25) is 15.2 Å². The van der Waals surface area contributed by atoms with Crippen molar-refractivity contribution in [2.45, 2.75) is 18.7 Å². The molecule has 1 N–H and O–H groups in total. The molecule has 0 radical (unpaired) electrons. The molecule has 0 unspecified atom stereocenters. The van der Waals surface area contributed by atoms with Crippen LogP contribution in [-0.4, -0.2) is 41.9 Å². The minimum atomic E-state index is -3.63. The highest BCUT2D eigenvalue weighted by Gasteiger charge is 2.22. The van der Waals surface area contributed by atoms with Gasteiger partial charge in [-0.2, -0.15) is 15.6 Å². The molecule has 27 heavy (non-hydrogen) atoms. The van der Waals surface area contributed by atoms with Crippen molar-refractivity contribution >= 4 is 43.7 Å². The molecule has 0 spiro atoms. The Morgan fingerprint density at radius 1 is 1.19 bits per heavy atom. The summed E-state index contributed by atoms with van der Waals surface area (Å²) in [6.45, 7) is 4.28. The van der Waals surface area contributed by atoms with Gasteiger partial charge in [0.1, 0.15) is 5.01 Å². The Hall–Kier alpha value is -2.14. The number of aromatic nitrogens is 2. The zero-order valence-corrected chi connectivity index (χ0v) is 17.2. The summed E-state index contributed by atoms with van der Waals surface area (Å²) in [5, 5.41) is 15.7. The van der Waals surface area contributed by atoms with Gasteiger partial charge in [0.25, 0.3) is 5.91 Å². The first-order chi connectivity index (χ1) is 13.0. The Bertz CT molecular complexity index is 1030. The fraction of sp³-hybridized carbons (Fsp3) is 0.235.